The van der Waals surface area contributed by atoms with Crippen LogP contribution in [0.15, 0.2) is 24.3 Å². The number of nitrogen functional groups attached to an aromatic ring is 1. The maximum Gasteiger partial charge on any atom is 0.407 e. The number of benzene rings is 1. The third kappa shape index (κ3) is 37.4. The van der Waals surface area contributed by atoms with Gasteiger partial charge in [-0.1, -0.05) is 249 Å². The Morgan fingerprint density at radius 1 is 0.586 bits per heavy atom. The number of carbonyl (C=O) groups is 1. The molecule has 0 radical (unpaired) electrons. The van der Waals surface area contributed by atoms with Crippen molar-refractivity contribution < 1.29 is 19.0 Å². The van der Waals surface area contributed by atoms with Crippen molar-refractivity contribution in [2.45, 2.75) is 218 Å². The van der Waals surface area contributed by atoms with Gasteiger partial charge in [0.15, 0.2) is 6.29 Å². The van der Waals surface area contributed by atoms with E-state index >= 15 is 0 Å². The first-order valence-corrected chi connectivity index (χ1v) is 28.9. The number of alkyl carbamates (subject to hydrolysis) is 1. The smallest absolute Gasteiger partial charge is 0.407 e. The molecule has 58 heavy (non-hydrogen) atoms. The summed E-state index contributed by atoms with van der Waals surface area (Å²) >= 11 is 0. The molecule has 6 nitrogen and oxygen atoms in total. The van der Waals surface area contributed by atoms with Crippen LogP contribution in [0.5, 0.6) is 0 Å². The summed E-state index contributed by atoms with van der Waals surface area (Å²) < 4.78 is 17.0. The predicted molar refractivity (Wildman–Crippen MR) is 265 cm³/mol. The van der Waals surface area contributed by atoms with Crippen LogP contribution in [0.1, 0.15) is 218 Å². The Morgan fingerprint density at radius 2 is 1.00 bits per heavy atom. The van der Waals surface area contributed by atoms with Gasteiger partial charge in [-0.05, 0) is 25.0 Å². The van der Waals surface area contributed by atoms with Gasteiger partial charge in [-0.3, -0.25) is 0 Å². The van der Waals surface area contributed by atoms with Crippen LogP contribution in [0.2, 0.25) is 0 Å². The van der Waals surface area contributed by atoms with E-state index in [-0.39, 0.29) is 5.25 Å². The van der Waals surface area contributed by atoms with Crippen LogP contribution >= 0.6 is 43.2 Å². The van der Waals surface area contributed by atoms with Crippen LogP contribution in [0.3, 0.4) is 0 Å². The summed E-state index contributed by atoms with van der Waals surface area (Å²) in [6, 6.07) is 7.42. The fraction of sp³-hybridized carbons (Fsp3) is 0.854. The van der Waals surface area contributed by atoms with Crippen molar-refractivity contribution in [3.8, 4) is 0 Å². The molecule has 1 aromatic rings. The number of hydrogen-bond acceptors (Lipinski definition) is 9. The van der Waals surface area contributed by atoms with Crippen molar-refractivity contribution in [2.75, 3.05) is 49.9 Å². The molecular formula is C48H90N2O4S4. The Kier molecular flexibility index (Phi) is 42.8. The van der Waals surface area contributed by atoms with Crippen molar-refractivity contribution in [1.82, 2.24) is 5.32 Å². The van der Waals surface area contributed by atoms with E-state index in [1.807, 2.05) is 67.4 Å². The van der Waals surface area contributed by atoms with E-state index in [1.165, 1.54) is 198 Å². The molecule has 0 saturated carbocycles. The molecule has 0 bridgehead atoms. The molecule has 2 unspecified atom stereocenters. The molecular weight excluding hydrogens is 797 g/mol. The van der Waals surface area contributed by atoms with Gasteiger partial charge >= 0.3 is 6.09 Å². The lowest BCUT2D eigenvalue weighted by atomic mass is 10.0. The van der Waals surface area contributed by atoms with Gasteiger partial charge < -0.3 is 25.3 Å². The lowest BCUT2D eigenvalue weighted by Gasteiger charge is -2.18. The first-order chi connectivity index (χ1) is 28.6. The van der Waals surface area contributed by atoms with E-state index in [0.29, 0.717) is 25.4 Å². The molecule has 0 aromatic heterocycles. The number of ether oxygens (including phenoxy) is 3. The van der Waals surface area contributed by atoms with E-state index < -0.39 is 12.4 Å². The normalized spacial score (nSPS) is 12.5. The molecule has 0 spiro atoms. The van der Waals surface area contributed by atoms with Crippen molar-refractivity contribution in [2.24, 2.45) is 0 Å². The highest BCUT2D eigenvalue weighted by Gasteiger charge is 2.15. The predicted octanol–water partition coefficient (Wildman–Crippen LogP) is 16.5. The minimum absolute atomic E-state index is 0.269. The number of unbranched alkanes of at least 4 members (excludes halogenated alkanes) is 28. The van der Waals surface area contributed by atoms with Crippen LogP contribution in [0, 0.1) is 0 Å². The average Bonchev–Trinajstić information content (AvgIpc) is 3.23. The van der Waals surface area contributed by atoms with Crippen LogP contribution in [-0.2, 0) is 14.2 Å². The Labute approximate surface area is 374 Å². The molecule has 1 rings (SSSR count). The molecule has 2 atom stereocenters. The van der Waals surface area contributed by atoms with Crippen molar-refractivity contribution in [1.29, 1.82) is 0 Å². The number of nitrogens with two attached hydrogens (primary N) is 1. The highest BCUT2D eigenvalue weighted by molar-refractivity contribution is 8.78. The molecule has 10 heteroatoms. The molecule has 340 valence electrons. The third-order valence-corrected chi connectivity index (χ3v) is 16.3. The van der Waals surface area contributed by atoms with Gasteiger partial charge in [0.05, 0.1) is 11.9 Å². The largest absolute Gasteiger partial charge is 0.448 e. The Morgan fingerprint density at radius 3 is 1.43 bits per heavy atom. The summed E-state index contributed by atoms with van der Waals surface area (Å²) in [7, 11) is 9.40. The summed E-state index contributed by atoms with van der Waals surface area (Å²) in [6.45, 7) is 5.67. The zero-order chi connectivity index (χ0) is 41.8. The van der Waals surface area contributed by atoms with Gasteiger partial charge in [0.25, 0.3) is 0 Å². The number of nitrogens with one attached hydrogen (secondary N) is 1. The SMILES string of the molecule is CCCCCCCCCCCCCCCCCSSCC(COC(=O)NCCOC(OC)c1ccc(N)cc1)SSCCCCCCCCCCCCCCCCC. The first-order valence-electron chi connectivity index (χ1n) is 24.0. The van der Waals surface area contributed by atoms with Gasteiger partial charge in [0.2, 0.25) is 0 Å². The quantitative estimate of drug-likeness (QED) is 0.0288. The van der Waals surface area contributed by atoms with Gasteiger partial charge in [0.1, 0.15) is 6.61 Å². The lowest BCUT2D eigenvalue weighted by Crippen LogP contribution is -2.30. The van der Waals surface area contributed by atoms with Gasteiger partial charge in [-0.15, -0.1) is 0 Å². The number of anilines is 1. The van der Waals surface area contributed by atoms with E-state index in [1.54, 1.807) is 7.11 Å². The van der Waals surface area contributed by atoms with Gasteiger partial charge in [-0.25, -0.2) is 4.79 Å². The third-order valence-electron chi connectivity index (χ3n) is 10.7. The first kappa shape index (κ1) is 55.6. The zero-order valence-electron chi connectivity index (χ0n) is 37.8. The second-order valence-corrected chi connectivity index (χ2v) is 21.6. The van der Waals surface area contributed by atoms with Crippen LogP contribution < -0.4 is 11.1 Å². The fourth-order valence-electron chi connectivity index (χ4n) is 6.99. The standard InChI is InChI=1S/C48H90N2O4S4/c1-4-6-8-10-12-14-16-18-20-22-24-26-28-30-32-40-55-57-43-46(42-54-48(51)50-38-39-53-47(52-3)44-34-36-45(49)37-35-44)58-56-41-33-31-29-27-25-23-21-19-17-15-13-11-9-7-5-2/h34-37,46-47H,4-33,38-43,49H2,1-3H3,(H,50,51). The van der Waals surface area contributed by atoms with Crippen molar-refractivity contribution in [3.05, 3.63) is 29.8 Å². The number of rotatable bonds is 45. The second-order valence-electron chi connectivity index (χ2n) is 16.2. The fourth-order valence-corrected chi connectivity index (χ4v) is 12.6. The number of carbonyl (C=O) groups excluding carboxylic acids is 1. The summed E-state index contributed by atoms with van der Waals surface area (Å²) in [5.74, 6) is 3.34. The molecule has 0 aliphatic rings. The summed E-state index contributed by atoms with van der Waals surface area (Å²) in [5, 5.41) is 3.11. The van der Waals surface area contributed by atoms with E-state index in [4.69, 9.17) is 19.9 Å². The average molecular weight is 888 g/mol. The van der Waals surface area contributed by atoms with E-state index in [9.17, 15) is 4.79 Å². The molecule has 1 amide bonds. The Balaban J connectivity index is 2.20. The molecule has 0 saturated heterocycles. The lowest BCUT2D eigenvalue weighted by molar-refractivity contribution is -0.126. The minimum atomic E-state index is -0.510. The van der Waals surface area contributed by atoms with Gasteiger partial charge in [-0.2, -0.15) is 0 Å². The molecule has 1 aromatic carbocycles. The van der Waals surface area contributed by atoms with Crippen LogP contribution in [0.25, 0.3) is 0 Å². The second kappa shape index (κ2) is 44.7. The van der Waals surface area contributed by atoms with Crippen molar-refractivity contribution in [3.63, 3.8) is 0 Å². The van der Waals surface area contributed by atoms with Gasteiger partial charge in [0, 0.05) is 42.2 Å². The van der Waals surface area contributed by atoms with Crippen LogP contribution in [-0.4, -0.2) is 55.5 Å². The summed E-state index contributed by atoms with van der Waals surface area (Å²) in [6.07, 6.45) is 41.1. The highest BCUT2D eigenvalue weighted by atomic mass is 33.1. The maximum absolute atomic E-state index is 12.6. The Bertz CT molecular complexity index is 993. The van der Waals surface area contributed by atoms with E-state index in [0.717, 1.165) is 17.1 Å². The molecule has 0 heterocycles. The van der Waals surface area contributed by atoms with E-state index in [2.05, 4.69) is 19.2 Å². The monoisotopic (exact) mass is 887 g/mol. The number of hydrogen-bond donors (Lipinski definition) is 2. The molecule has 0 aliphatic carbocycles. The molecule has 0 aliphatic heterocycles. The zero-order valence-corrected chi connectivity index (χ0v) is 41.0. The topological polar surface area (TPSA) is 82.8 Å². The summed E-state index contributed by atoms with van der Waals surface area (Å²) in [4.78, 5) is 12.6. The minimum Gasteiger partial charge on any atom is -0.448 e. The summed E-state index contributed by atoms with van der Waals surface area (Å²) in [5.41, 5.74) is 7.38. The molecule has 0 fully saturated rings. The van der Waals surface area contributed by atoms with Crippen LogP contribution in [0.4, 0.5) is 10.5 Å². The number of methoxy groups -OCH3 is 1. The maximum atomic E-state index is 12.6. The van der Waals surface area contributed by atoms with Crippen molar-refractivity contribution >= 4 is 55.0 Å². The highest BCUT2D eigenvalue weighted by Crippen LogP contribution is 2.34. The Hall–Kier alpha value is -0.390. The molecule has 3 N–H and O–H groups in total. The number of amides is 1.